The number of aromatic nitrogens is 1. The molecule has 3 aromatic rings. The minimum Gasteiger partial charge on any atom is -0.316 e. The molecule has 0 saturated heterocycles. The average Bonchev–Trinajstić information content (AvgIpc) is 2.99. The van der Waals surface area contributed by atoms with Gasteiger partial charge in [0.2, 0.25) is 5.91 Å². The van der Waals surface area contributed by atoms with Gasteiger partial charge >= 0.3 is 0 Å². The van der Waals surface area contributed by atoms with E-state index in [4.69, 9.17) is 11.6 Å². The first-order valence-electron chi connectivity index (χ1n) is 8.21. The molecule has 0 radical (unpaired) electrons. The minimum atomic E-state index is -0.424. The van der Waals surface area contributed by atoms with Crippen LogP contribution in [0.5, 0.6) is 0 Å². The van der Waals surface area contributed by atoms with Gasteiger partial charge in [-0.25, -0.2) is 0 Å². The normalized spacial score (nSPS) is 11.9. The Morgan fingerprint density at radius 1 is 1.30 bits per heavy atom. The Bertz CT molecular complexity index is 1060. The first-order valence-corrected chi connectivity index (χ1v) is 10.4. The van der Waals surface area contributed by atoms with Crippen LogP contribution in [0.25, 0.3) is 10.2 Å². The van der Waals surface area contributed by atoms with Crippen molar-refractivity contribution in [1.82, 2.24) is 4.57 Å². The Labute approximate surface area is 168 Å². The average molecular weight is 422 g/mol. The fourth-order valence-electron chi connectivity index (χ4n) is 2.51. The van der Waals surface area contributed by atoms with Crippen LogP contribution in [-0.4, -0.2) is 21.2 Å². The molecule has 0 spiro atoms. The summed E-state index contributed by atoms with van der Waals surface area (Å²) in [5.74, 6) is 0.409. The fourth-order valence-corrected chi connectivity index (χ4v) is 4.57. The highest BCUT2D eigenvalue weighted by Crippen LogP contribution is 2.23. The van der Waals surface area contributed by atoms with Gasteiger partial charge in [0, 0.05) is 40.8 Å². The van der Waals surface area contributed by atoms with Gasteiger partial charge in [0.1, 0.15) is 0 Å². The molecule has 1 heterocycles. The van der Waals surface area contributed by atoms with Gasteiger partial charge < -0.3 is 4.57 Å². The predicted octanol–water partition coefficient (Wildman–Crippen LogP) is 4.89. The molecule has 0 saturated carbocycles. The van der Waals surface area contributed by atoms with E-state index in [1.54, 1.807) is 17.8 Å². The zero-order valence-corrected chi connectivity index (χ0v) is 16.8. The molecule has 0 aliphatic carbocycles. The second kappa shape index (κ2) is 8.69. The number of fused-ring (bicyclic) bond motifs is 1. The highest BCUT2D eigenvalue weighted by molar-refractivity contribution is 7.99. The maximum absolute atomic E-state index is 12.3. The molecule has 1 aromatic heterocycles. The summed E-state index contributed by atoms with van der Waals surface area (Å²) in [5.41, 5.74) is 0.749. The number of non-ortho nitro benzene ring substituents is 1. The summed E-state index contributed by atoms with van der Waals surface area (Å²) in [4.78, 5) is 28.7. The molecule has 0 unspecified atom stereocenters. The van der Waals surface area contributed by atoms with E-state index in [2.05, 4.69) is 4.99 Å². The number of hydrogen-bond donors (Lipinski definition) is 0. The van der Waals surface area contributed by atoms with Crippen LogP contribution in [0.15, 0.2) is 52.4 Å². The van der Waals surface area contributed by atoms with Crippen LogP contribution >= 0.6 is 34.7 Å². The number of benzene rings is 2. The maximum atomic E-state index is 12.3. The Hall–Kier alpha value is -2.16. The Morgan fingerprint density at radius 3 is 2.70 bits per heavy atom. The third-order valence-electron chi connectivity index (χ3n) is 3.81. The van der Waals surface area contributed by atoms with Crippen LogP contribution in [0, 0.1) is 10.1 Å². The van der Waals surface area contributed by atoms with E-state index in [1.807, 2.05) is 35.8 Å². The topological polar surface area (TPSA) is 77.5 Å². The van der Waals surface area contributed by atoms with Crippen molar-refractivity contribution in [3.63, 3.8) is 0 Å². The SMILES string of the molecule is CCn1c(=NC(=O)CCSc2ccc(Cl)cc2)sc2ccc([N+](=O)[O-])cc21. The van der Waals surface area contributed by atoms with E-state index < -0.39 is 4.92 Å². The number of thiazole rings is 1. The monoisotopic (exact) mass is 421 g/mol. The summed E-state index contributed by atoms with van der Waals surface area (Å²) in [5, 5.41) is 11.7. The van der Waals surface area contributed by atoms with Crippen molar-refractivity contribution in [3.8, 4) is 0 Å². The first-order chi connectivity index (χ1) is 13.0. The van der Waals surface area contributed by atoms with Crippen molar-refractivity contribution < 1.29 is 9.72 Å². The number of hydrogen-bond acceptors (Lipinski definition) is 5. The number of carbonyl (C=O) groups excluding carboxylic acids is 1. The number of thioether (sulfide) groups is 1. The Kier molecular flexibility index (Phi) is 6.30. The molecule has 0 aliphatic rings. The molecule has 0 bridgehead atoms. The summed E-state index contributed by atoms with van der Waals surface area (Å²) < 4.78 is 2.70. The van der Waals surface area contributed by atoms with Gasteiger partial charge in [0.25, 0.3) is 5.69 Å². The second-order valence-corrected chi connectivity index (χ2v) is 8.21. The van der Waals surface area contributed by atoms with E-state index >= 15 is 0 Å². The van der Waals surface area contributed by atoms with E-state index in [0.717, 1.165) is 15.1 Å². The quantitative estimate of drug-likeness (QED) is 0.322. The lowest BCUT2D eigenvalue weighted by molar-refractivity contribution is -0.384. The van der Waals surface area contributed by atoms with Gasteiger partial charge in [-0.15, -0.1) is 11.8 Å². The summed E-state index contributed by atoms with van der Waals surface area (Å²) in [6, 6.07) is 12.1. The largest absolute Gasteiger partial charge is 0.316 e. The lowest BCUT2D eigenvalue weighted by atomic mass is 10.3. The molecular weight excluding hydrogens is 406 g/mol. The van der Waals surface area contributed by atoms with Gasteiger partial charge in [-0.1, -0.05) is 22.9 Å². The maximum Gasteiger partial charge on any atom is 0.271 e. The van der Waals surface area contributed by atoms with Crippen molar-refractivity contribution in [2.24, 2.45) is 4.99 Å². The standard InChI is InChI=1S/C18H16ClN3O3S2/c1-2-21-15-11-13(22(24)25)5-8-16(15)27-18(21)20-17(23)9-10-26-14-6-3-12(19)4-7-14/h3-8,11H,2,9-10H2,1H3. The number of nitro groups is 1. The lowest BCUT2D eigenvalue weighted by Gasteiger charge is -2.01. The van der Waals surface area contributed by atoms with Crippen molar-refractivity contribution in [2.75, 3.05) is 5.75 Å². The van der Waals surface area contributed by atoms with Gasteiger partial charge in [-0.2, -0.15) is 4.99 Å². The molecule has 0 aliphatic heterocycles. The molecule has 27 heavy (non-hydrogen) atoms. The number of nitro benzene ring substituents is 1. The number of nitrogens with zero attached hydrogens (tertiary/aromatic N) is 3. The minimum absolute atomic E-state index is 0.0275. The first kappa shape index (κ1) is 19.6. The number of amides is 1. The molecule has 0 N–H and O–H groups in total. The number of halogens is 1. The van der Waals surface area contributed by atoms with Crippen molar-refractivity contribution in [2.45, 2.75) is 24.8 Å². The molecule has 3 rings (SSSR count). The van der Waals surface area contributed by atoms with Crippen LogP contribution in [0.4, 0.5) is 5.69 Å². The van der Waals surface area contributed by atoms with Gasteiger partial charge in [-0.05, 0) is 37.3 Å². The Balaban J connectivity index is 1.76. The smallest absolute Gasteiger partial charge is 0.271 e. The molecule has 0 fully saturated rings. The van der Waals surface area contributed by atoms with Crippen molar-refractivity contribution >= 4 is 56.5 Å². The van der Waals surface area contributed by atoms with Crippen molar-refractivity contribution in [1.29, 1.82) is 0 Å². The lowest BCUT2D eigenvalue weighted by Crippen LogP contribution is -2.16. The van der Waals surface area contributed by atoms with E-state index in [9.17, 15) is 14.9 Å². The highest BCUT2D eigenvalue weighted by Gasteiger charge is 2.12. The number of aryl methyl sites for hydroxylation is 1. The molecule has 2 aromatic carbocycles. The molecular formula is C18H16ClN3O3S2. The predicted molar refractivity (Wildman–Crippen MR) is 110 cm³/mol. The fraction of sp³-hybridized carbons (Fsp3) is 0.222. The van der Waals surface area contributed by atoms with Crippen LogP contribution in [-0.2, 0) is 11.3 Å². The van der Waals surface area contributed by atoms with Crippen molar-refractivity contribution in [3.05, 3.63) is 62.4 Å². The van der Waals surface area contributed by atoms with E-state index in [-0.39, 0.29) is 11.6 Å². The zero-order valence-electron chi connectivity index (χ0n) is 14.4. The van der Waals surface area contributed by atoms with E-state index in [0.29, 0.717) is 28.5 Å². The summed E-state index contributed by atoms with van der Waals surface area (Å²) >= 11 is 8.79. The number of carbonyl (C=O) groups is 1. The molecule has 0 atom stereocenters. The van der Waals surface area contributed by atoms with Crippen LogP contribution in [0.3, 0.4) is 0 Å². The summed E-state index contributed by atoms with van der Waals surface area (Å²) in [6.45, 7) is 2.50. The van der Waals surface area contributed by atoms with Crippen LogP contribution in [0.2, 0.25) is 5.02 Å². The molecule has 1 amide bonds. The molecule has 6 nitrogen and oxygen atoms in total. The molecule has 140 valence electrons. The van der Waals surface area contributed by atoms with Crippen LogP contribution < -0.4 is 4.80 Å². The van der Waals surface area contributed by atoms with Gasteiger partial charge in [0.15, 0.2) is 4.80 Å². The Morgan fingerprint density at radius 2 is 2.04 bits per heavy atom. The third kappa shape index (κ3) is 4.77. The number of rotatable bonds is 6. The van der Waals surface area contributed by atoms with E-state index in [1.165, 1.54) is 23.5 Å². The highest BCUT2D eigenvalue weighted by atomic mass is 35.5. The third-order valence-corrected chi connectivity index (χ3v) is 6.14. The zero-order chi connectivity index (χ0) is 19.4. The molecule has 9 heteroatoms. The van der Waals surface area contributed by atoms with Gasteiger partial charge in [-0.3, -0.25) is 14.9 Å². The van der Waals surface area contributed by atoms with Gasteiger partial charge in [0.05, 0.1) is 15.1 Å². The second-order valence-electron chi connectivity index (χ2n) is 5.60. The van der Waals surface area contributed by atoms with Crippen LogP contribution in [0.1, 0.15) is 13.3 Å². The summed E-state index contributed by atoms with van der Waals surface area (Å²) in [7, 11) is 0. The summed E-state index contributed by atoms with van der Waals surface area (Å²) in [6.07, 6.45) is 0.311.